The summed E-state index contributed by atoms with van der Waals surface area (Å²) in [5.74, 6) is -0.131. The van der Waals surface area contributed by atoms with E-state index in [9.17, 15) is 9.90 Å². The second-order valence-electron chi connectivity index (χ2n) is 5.95. The van der Waals surface area contributed by atoms with Crippen molar-refractivity contribution < 1.29 is 14.3 Å². The number of aromatic nitrogens is 1. The highest BCUT2D eigenvalue weighted by molar-refractivity contribution is 5.92. The van der Waals surface area contributed by atoms with Crippen LogP contribution in [0, 0.1) is 0 Å². The molecule has 0 aliphatic heterocycles. The highest BCUT2D eigenvalue weighted by Gasteiger charge is 2.24. The minimum absolute atomic E-state index is 0.0157. The molecule has 1 heterocycles. The summed E-state index contributed by atoms with van der Waals surface area (Å²) in [5.41, 5.74) is 8.38. The number of nitrogens with one attached hydrogen (secondary N) is 1. The van der Waals surface area contributed by atoms with Gasteiger partial charge in [-0.2, -0.15) is 0 Å². The molecule has 0 radical (unpaired) electrons. The van der Waals surface area contributed by atoms with Crippen molar-refractivity contribution in [2.75, 3.05) is 0 Å². The molecule has 6 heteroatoms. The maximum absolute atomic E-state index is 12.4. The predicted molar refractivity (Wildman–Crippen MR) is 84.7 cm³/mol. The van der Waals surface area contributed by atoms with E-state index in [1.807, 2.05) is 12.1 Å². The molecular weight excluding hydrogens is 294 g/mol. The van der Waals surface area contributed by atoms with Gasteiger partial charge < -0.3 is 20.6 Å². The number of aryl methyl sites for hydroxylation is 1. The Morgan fingerprint density at radius 2 is 2.26 bits per heavy atom. The summed E-state index contributed by atoms with van der Waals surface area (Å²) < 4.78 is 5.21. The number of oxazole rings is 1. The second-order valence-corrected chi connectivity index (χ2v) is 5.95. The van der Waals surface area contributed by atoms with E-state index >= 15 is 0 Å². The lowest BCUT2D eigenvalue weighted by Gasteiger charge is -2.26. The van der Waals surface area contributed by atoms with Crippen LogP contribution in [0.5, 0.6) is 0 Å². The number of aliphatic hydroxyl groups excluding tert-OH is 1. The van der Waals surface area contributed by atoms with E-state index in [1.165, 1.54) is 11.8 Å². The maximum Gasteiger partial charge on any atom is 0.273 e. The van der Waals surface area contributed by atoms with Gasteiger partial charge in [0.15, 0.2) is 5.69 Å². The van der Waals surface area contributed by atoms with Crippen LogP contribution in [-0.4, -0.2) is 22.1 Å². The van der Waals surface area contributed by atoms with E-state index in [0.717, 1.165) is 24.8 Å². The molecule has 1 aromatic heterocycles. The lowest BCUT2D eigenvalue weighted by molar-refractivity contribution is 0.0927. The van der Waals surface area contributed by atoms with Gasteiger partial charge in [-0.15, -0.1) is 0 Å². The topological polar surface area (TPSA) is 101 Å². The lowest BCUT2D eigenvalue weighted by Crippen LogP contribution is -2.31. The summed E-state index contributed by atoms with van der Waals surface area (Å²) in [6.45, 7) is 1.55. The number of aliphatic hydroxyl groups is 1. The molecule has 1 amide bonds. The van der Waals surface area contributed by atoms with Gasteiger partial charge in [0.05, 0.1) is 12.1 Å². The molecule has 0 fully saturated rings. The molecule has 3 atom stereocenters. The highest BCUT2D eigenvalue weighted by atomic mass is 16.3. The number of hydrogen-bond acceptors (Lipinski definition) is 5. The van der Waals surface area contributed by atoms with Crippen molar-refractivity contribution in [3.63, 3.8) is 0 Å². The minimum atomic E-state index is -0.796. The third kappa shape index (κ3) is 3.28. The van der Waals surface area contributed by atoms with Gasteiger partial charge in [-0.1, -0.05) is 24.3 Å². The third-order valence-corrected chi connectivity index (χ3v) is 4.23. The summed E-state index contributed by atoms with van der Waals surface area (Å²) in [5, 5.41) is 12.5. The Labute approximate surface area is 134 Å². The first kappa shape index (κ1) is 15.7. The molecule has 0 spiro atoms. The van der Waals surface area contributed by atoms with Crippen LogP contribution in [0.3, 0.4) is 0 Å². The van der Waals surface area contributed by atoms with E-state index in [0.29, 0.717) is 0 Å². The van der Waals surface area contributed by atoms with Gasteiger partial charge in [-0.3, -0.25) is 4.79 Å². The Morgan fingerprint density at radius 3 is 3.04 bits per heavy atom. The summed E-state index contributed by atoms with van der Waals surface area (Å²) in [4.78, 5) is 16.5. The number of carbonyl (C=O) groups excluding carboxylic acids is 1. The van der Waals surface area contributed by atoms with Crippen LogP contribution in [0.15, 0.2) is 34.9 Å². The molecule has 2 aromatic rings. The molecular formula is C17H21N3O3. The molecule has 3 rings (SSSR count). The number of fused-ring (bicyclic) bond motifs is 1. The molecule has 1 aliphatic rings. The van der Waals surface area contributed by atoms with E-state index in [-0.39, 0.29) is 23.5 Å². The Balaban J connectivity index is 1.73. The Kier molecular flexibility index (Phi) is 4.45. The van der Waals surface area contributed by atoms with Gasteiger partial charge in [0.25, 0.3) is 5.91 Å². The van der Waals surface area contributed by atoms with Gasteiger partial charge in [0.1, 0.15) is 12.3 Å². The van der Waals surface area contributed by atoms with Gasteiger partial charge in [-0.05, 0) is 37.3 Å². The van der Waals surface area contributed by atoms with Crippen LogP contribution >= 0.6 is 0 Å². The third-order valence-electron chi connectivity index (χ3n) is 4.23. The maximum atomic E-state index is 12.4. The number of rotatable bonds is 4. The van der Waals surface area contributed by atoms with E-state index in [2.05, 4.69) is 22.4 Å². The fourth-order valence-electron chi connectivity index (χ4n) is 2.89. The van der Waals surface area contributed by atoms with Crippen molar-refractivity contribution in [3.05, 3.63) is 53.2 Å². The molecule has 1 aromatic carbocycles. The molecule has 3 unspecified atom stereocenters. The zero-order valence-corrected chi connectivity index (χ0v) is 13.0. The summed E-state index contributed by atoms with van der Waals surface area (Å²) >= 11 is 0. The fraction of sp³-hybridized carbons (Fsp3) is 0.412. The molecule has 4 N–H and O–H groups in total. The number of benzene rings is 1. The Morgan fingerprint density at radius 1 is 1.48 bits per heavy atom. The van der Waals surface area contributed by atoms with Crippen molar-refractivity contribution in [2.24, 2.45) is 5.73 Å². The number of nitrogens with zero attached hydrogens (tertiary/aromatic N) is 1. The summed E-state index contributed by atoms with van der Waals surface area (Å²) in [6, 6.07) is 7.40. The quantitative estimate of drug-likeness (QED) is 0.799. The average Bonchev–Trinajstić information content (AvgIpc) is 3.04. The van der Waals surface area contributed by atoms with Crippen LogP contribution in [-0.2, 0) is 6.42 Å². The van der Waals surface area contributed by atoms with Crippen molar-refractivity contribution in [2.45, 2.75) is 44.4 Å². The van der Waals surface area contributed by atoms with Crippen molar-refractivity contribution in [1.29, 1.82) is 0 Å². The van der Waals surface area contributed by atoms with Gasteiger partial charge in [0, 0.05) is 0 Å². The van der Waals surface area contributed by atoms with Crippen molar-refractivity contribution in [3.8, 4) is 0 Å². The number of amides is 1. The van der Waals surface area contributed by atoms with E-state index in [1.54, 1.807) is 6.92 Å². The molecule has 0 saturated carbocycles. The van der Waals surface area contributed by atoms with Gasteiger partial charge in [0.2, 0.25) is 5.89 Å². The first-order valence-corrected chi connectivity index (χ1v) is 7.84. The summed E-state index contributed by atoms with van der Waals surface area (Å²) in [6.07, 6.45) is 3.47. The zero-order chi connectivity index (χ0) is 16.4. The van der Waals surface area contributed by atoms with Gasteiger partial charge in [-0.25, -0.2) is 4.98 Å². The monoisotopic (exact) mass is 315 g/mol. The molecule has 0 saturated heterocycles. The Bertz CT molecular complexity index is 696. The van der Waals surface area contributed by atoms with Gasteiger partial charge >= 0.3 is 0 Å². The number of nitrogens with two attached hydrogens (primary N) is 1. The van der Waals surface area contributed by atoms with Crippen molar-refractivity contribution in [1.82, 2.24) is 10.3 Å². The average molecular weight is 315 g/mol. The highest BCUT2D eigenvalue weighted by Crippen LogP contribution is 2.29. The van der Waals surface area contributed by atoms with E-state index in [4.69, 9.17) is 10.2 Å². The normalized spacial score (nSPS) is 19.7. The predicted octanol–water partition coefficient (Wildman–Crippen LogP) is 1.86. The number of hydrogen-bond donors (Lipinski definition) is 3. The SMILES string of the molecule is CC(O)C(N)c1nc(C(=O)NC2CCCc3ccccc32)co1. The van der Waals surface area contributed by atoms with Crippen LogP contribution in [0.2, 0.25) is 0 Å². The standard InChI is InChI=1S/C17H21N3O3/c1-10(21)15(18)17-20-14(9-23-17)16(22)19-13-8-4-6-11-5-2-3-7-12(11)13/h2-3,5,7,9-10,13,15,21H,4,6,8,18H2,1H3,(H,19,22). The molecule has 1 aliphatic carbocycles. The molecule has 23 heavy (non-hydrogen) atoms. The zero-order valence-electron chi connectivity index (χ0n) is 13.0. The first-order valence-electron chi connectivity index (χ1n) is 7.84. The van der Waals surface area contributed by atoms with E-state index < -0.39 is 12.1 Å². The Hall–Kier alpha value is -2.18. The van der Waals surface area contributed by atoms with Crippen LogP contribution < -0.4 is 11.1 Å². The molecule has 122 valence electrons. The second kappa shape index (κ2) is 6.52. The van der Waals surface area contributed by atoms with Crippen LogP contribution in [0.25, 0.3) is 0 Å². The molecule has 6 nitrogen and oxygen atoms in total. The lowest BCUT2D eigenvalue weighted by atomic mass is 9.88. The minimum Gasteiger partial charge on any atom is -0.446 e. The van der Waals surface area contributed by atoms with Crippen molar-refractivity contribution >= 4 is 5.91 Å². The first-order chi connectivity index (χ1) is 11.1. The largest absolute Gasteiger partial charge is 0.446 e. The smallest absolute Gasteiger partial charge is 0.273 e. The summed E-state index contributed by atoms with van der Waals surface area (Å²) in [7, 11) is 0. The molecule has 0 bridgehead atoms. The number of carbonyl (C=O) groups is 1. The van der Waals surface area contributed by atoms with Crippen LogP contribution in [0.4, 0.5) is 0 Å². The van der Waals surface area contributed by atoms with Crippen LogP contribution in [0.1, 0.15) is 59.4 Å². The fourth-order valence-corrected chi connectivity index (χ4v) is 2.89.